The third-order valence-electron chi connectivity index (χ3n) is 2.44. The molecule has 0 amide bonds. The molecule has 0 saturated heterocycles. The van der Waals surface area contributed by atoms with Gasteiger partial charge in [-0.2, -0.15) is 0 Å². The molecule has 2 N–H and O–H groups in total. The predicted molar refractivity (Wildman–Crippen MR) is 71.3 cm³/mol. The van der Waals surface area contributed by atoms with Crippen LogP contribution < -0.4 is 5.32 Å². The number of ether oxygens (including phenoxy) is 1. The summed E-state index contributed by atoms with van der Waals surface area (Å²) in [5, 5.41) is 10.3. The van der Waals surface area contributed by atoms with Crippen molar-refractivity contribution >= 4 is 6.21 Å². The first-order valence-corrected chi connectivity index (χ1v) is 5.96. The number of rotatable bonds is 8. The Bertz CT molecular complexity index is 390. The second kappa shape index (κ2) is 8.28. The van der Waals surface area contributed by atoms with Gasteiger partial charge in [-0.25, -0.2) is 0 Å². The topological polar surface area (TPSA) is 45.1 Å². The summed E-state index contributed by atoms with van der Waals surface area (Å²) in [6.07, 6.45) is 1.63. The largest absolute Gasteiger partial charge is 0.486 e. The minimum Gasteiger partial charge on any atom is -0.486 e. The fourth-order valence-corrected chi connectivity index (χ4v) is 1.42. The third kappa shape index (κ3) is 4.99. The van der Waals surface area contributed by atoms with Crippen molar-refractivity contribution in [2.75, 3.05) is 13.2 Å². The molecule has 0 unspecified atom stereocenters. The Labute approximate surface area is 107 Å². The van der Waals surface area contributed by atoms with Crippen molar-refractivity contribution < 1.29 is 9.13 Å². The average Bonchev–Trinajstić information content (AvgIpc) is 2.41. The van der Waals surface area contributed by atoms with Gasteiger partial charge < -0.3 is 15.5 Å². The first-order valence-electron chi connectivity index (χ1n) is 5.96. The standard InChI is InChI=1S/C14H19FN2O/c1-12(17-9-5-8-15)14(10-16)18-11-13-6-3-2-4-7-13/h2-4,6-7,10,16-17H,5,8-9,11H2,1H3/b14-12+,16-10?. The molecule has 0 heterocycles. The molecule has 0 aliphatic rings. The molecule has 1 aromatic carbocycles. The van der Waals surface area contributed by atoms with E-state index < -0.39 is 0 Å². The van der Waals surface area contributed by atoms with Gasteiger partial charge in [0.2, 0.25) is 0 Å². The molecule has 0 aliphatic heterocycles. The molecule has 1 aromatic rings. The zero-order valence-corrected chi connectivity index (χ0v) is 10.6. The molecule has 0 atom stereocenters. The normalized spacial score (nSPS) is 11.7. The predicted octanol–water partition coefficient (Wildman–Crippen LogP) is 3.03. The highest BCUT2D eigenvalue weighted by Gasteiger charge is 2.01. The van der Waals surface area contributed by atoms with Gasteiger partial charge in [-0.05, 0) is 18.9 Å². The average molecular weight is 250 g/mol. The van der Waals surface area contributed by atoms with Gasteiger partial charge in [-0.3, -0.25) is 4.39 Å². The van der Waals surface area contributed by atoms with E-state index in [1.54, 1.807) is 0 Å². The van der Waals surface area contributed by atoms with Crippen LogP contribution in [-0.4, -0.2) is 19.4 Å². The summed E-state index contributed by atoms with van der Waals surface area (Å²) in [5.41, 5.74) is 1.81. The quantitative estimate of drug-likeness (QED) is 0.423. The molecular formula is C14H19FN2O. The highest BCUT2D eigenvalue weighted by molar-refractivity contribution is 5.73. The number of allylic oxidation sites excluding steroid dienone is 2. The SMILES string of the molecule is C/C(NCCCF)=C(/C=N)OCc1ccccc1. The van der Waals surface area contributed by atoms with Crippen LogP contribution in [0.3, 0.4) is 0 Å². The summed E-state index contributed by atoms with van der Waals surface area (Å²) in [6, 6.07) is 9.76. The zero-order valence-electron chi connectivity index (χ0n) is 10.6. The van der Waals surface area contributed by atoms with Gasteiger partial charge in [0, 0.05) is 6.54 Å². The maximum Gasteiger partial charge on any atom is 0.155 e. The Morgan fingerprint density at radius 1 is 1.39 bits per heavy atom. The molecule has 3 nitrogen and oxygen atoms in total. The Kier molecular flexibility index (Phi) is 6.54. The first-order chi connectivity index (χ1) is 8.77. The van der Waals surface area contributed by atoms with Crippen molar-refractivity contribution in [2.24, 2.45) is 0 Å². The lowest BCUT2D eigenvalue weighted by Crippen LogP contribution is -2.16. The zero-order chi connectivity index (χ0) is 13.2. The van der Waals surface area contributed by atoms with Gasteiger partial charge in [-0.1, -0.05) is 30.3 Å². The third-order valence-corrected chi connectivity index (χ3v) is 2.44. The highest BCUT2D eigenvalue weighted by Crippen LogP contribution is 2.07. The van der Waals surface area contributed by atoms with Crippen molar-refractivity contribution in [3.63, 3.8) is 0 Å². The molecule has 0 spiro atoms. The van der Waals surface area contributed by atoms with Crippen LogP contribution in [0.4, 0.5) is 4.39 Å². The van der Waals surface area contributed by atoms with E-state index in [0.29, 0.717) is 25.3 Å². The van der Waals surface area contributed by atoms with Crippen LogP contribution in [0.1, 0.15) is 18.9 Å². The van der Waals surface area contributed by atoms with Gasteiger partial charge in [0.05, 0.1) is 18.6 Å². The van der Waals surface area contributed by atoms with Gasteiger partial charge >= 0.3 is 0 Å². The van der Waals surface area contributed by atoms with Crippen LogP contribution in [0.5, 0.6) is 0 Å². The molecule has 1 rings (SSSR count). The van der Waals surface area contributed by atoms with Crippen LogP contribution in [-0.2, 0) is 11.3 Å². The van der Waals surface area contributed by atoms with Crippen molar-refractivity contribution in [3.8, 4) is 0 Å². The number of hydrogen-bond donors (Lipinski definition) is 2. The summed E-state index contributed by atoms with van der Waals surface area (Å²) in [7, 11) is 0. The second-order valence-electron chi connectivity index (χ2n) is 3.88. The summed E-state index contributed by atoms with van der Waals surface area (Å²) in [5.74, 6) is 0.484. The minimum absolute atomic E-state index is 0.342. The molecule has 0 radical (unpaired) electrons. The Hall–Kier alpha value is -1.84. The Morgan fingerprint density at radius 3 is 2.72 bits per heavy atom. The highest BCUT2D eigenvalue weighted by atomic mass is 19.1. The molecular weight excluding hydrogens is 231 g/mol. The number of halogens is 1. The van der Waals surface area contributed by atoms with E-state index in [1.165, 1.54) is 6.21 Å². The van der Waals surface area contributed by atoms with Crippen molar-refractivity contribution in [1.82, 2.24) is 5.32 Å². The van der Waals surface area contributed by atoms with Gasteiger partial charge in [0.15, 0.2) is 5.76 Å². The summed E-state index contributed by atoms with van der Waals surface area (Å²) in [6.45, 7) is 2.46. The summed E-state index contributed by atoms with van der Waals surface area (Å²) in [4.78, 5) is 0. The van der Waals surface area contributed by atoms with E-state index in [1.807, 2.05) is 37.3 Å². The second-order valence-corrected chi connectivity index (χ2v) is 3.88. The van der Waals surface area contributed by atoms with Gasteiger partial charge in [0.1, 0.15) is 6.61 Å². The summed E-state index contributed by atoms with van der Waals surface area (Å²) >= 11 is 0. The Balaban J connectivity index is 2.50. The molecule has 0 aromatic heterocycles. The van der Waals surface area contributed by atoms with Gasteiger partial charge in [-0.15, -0.1) is 0 Å². The lowest BCUT2D eigenvalue weighted by Gasteiger charge is -2.11. The first kappa shape index (κ1) is 14.2. The monoisotopic (exact) mass is 250 g/mol. The van der Waals surface area contributed by atoms with E-state index in [2.05, 4.69) is 5.32 Å². The molecule has 0 fully saturated rings. The minimum atomic E-state index is -0.342. The summed E-state index contributed by atoms with van der Waals surface area (Å²) < 4.78 is 17.5. The van der Waals surface area contributed by atoms with E-state index in [-0.39, 0.29) is 6.67 Å². The van der Waals surface area contributed by atoms with Crippen LogP contribution in [0, 0.1) is 5.41 Å². The van der Waals surface area contributed by atoms with Crippen molar-refractivity contribution in [2.45, 2.75) is 20.0 Å². The van der Waals surface area contributed by atoms with Crippen LogP contribution >= 0.6 is 0 Å². The van der Waals surface area contributed by atoms with E-state index in [0.717, 1.165) is 11.3 Å². The van der Waals surface area contributed by atoms with Gasteiger partial charge in [0.25, 0.3) is 0 Å². The molecule has 0 bridgehead atoms. The maximum absolute atomic E-state index is 12.0. The molecule has 98 valence electrons. The fraction of sp³-hybridized carbons (Fsp3) is 0.357. The molecule has 4 heteroatoms. The molecule has 18 heavy (non-hydrogen) atoms. The van der Waals surface area contributed by atoms with Crippen LogP contribution in [0.2, 0.25) is 0 Å². The maximum atomic E-state index is 12.0. The number of nitrogens with one attached hydrogen (secondary N) is 2. The lowest BCUT2D eigenvalue weighted by molar-refractivity contribution is 0.214. The number of alkyl halides is 1. The fourth-order valence-electron chi connectivity index (χ4n) is 1.42. The van der Waals surface area contributed by atoms with E-state index in [4.69, 9.17) is 10.1 Å². The van der Waals surface area contributed by atoms with E-state index >= 15 is 0 Å². The van der Waals surface area contributed by atoms with Crippen molar-refractivity contribution in [3.05, 3.63) is 47.4 Å². The smallest absolute Gasteiger partial charge is 0.155 e. The van der Waals surface area contributed by atoms with E-state index in [9.17, 15) is 4.39 Å². The van der Waals surface area contributed by atoms with Crippen LogP contribution in [0.25, 0.3) is 0 Å². The molecule has 0 aliphatic carbocycles. The van der Waals surface area contributed by atoms with Crippen molar-refractivity contribution in [1.29, 1.82) is 5.41 Å². The number of hydrogen-bond acceptors (Lipinski definition) is 3. The lowest BCUT2D eigenvalue weighted by atomic mass is 10.2. The Morgan fingerprint density at radius 2 is 2.11 bits per heavy atom. The van der Waals surface area contributed by atoms with Crippen LogP contribution in [0.15, 0.2) is 41.8 Å². The number of benzene rings is 1. The molecule has 0 saturated carbocycles.